The minimum Gasteiger partial charge on any atom is -0.396 e. The van der Waals surface area contributed by atoms with E-state index in [0.29, 0.717) is 6.42 Å². The highest BCUT2D eigenvalue weighted by molar-refractivity contribution is 9.10. The van der Waals surface area contributed by atoms with Crippen LogP contribution in [-0.4, -0.2) is 26.3 Å². The van der Waals surface area contributed by atoms with Crippen molar-refractivity contribution >= 4 is 21.6 Å². The SMILES string of the molecule is NC(CCO)c1nc2cccnn2c1Br. The molecule has 0 aliphatic heterocycles. The van der Waals surface area contributed by atoms with Crippen molar-refractivity contribution in [3.05, 3.63) is 28.6 Å². The third-order valence-corrected chi connectivity index (χ3v) is 2.90. The number of rotatable bonds is 3. The summed E-state index contributed by atoms with van der Waals surface area (Å²) >= 11 is 3.40. The van der Waals surface area contributed by atoms with Gasteiger partial charge in [0.25, 0.3) is 0 Å². The van der Waals surface area contributed by atoms with Crippen molar-refractivity contribution in [2.75, 3.05) is 6.61 Å². The lowest BCUT2D eigenvalue weighted by Crippen LogP contribution is -2.13. The molecule has 2 rings (SSSR count). The first-order valence-corrected chi connectivity index (χ1v) is 5.39. The van der Waals surface area contributed by atoms with E-state index in [4.69, 9.17) is 10.8 Å². The topological polar surface area (TPSA) is 76.4 Å². The molecule has 6 heteroatoms. The van der Waals surface area contributed by atoms with Gasteiger partial charge in [0, 0.05) is 12.8 Å². The van der Waals surface area contributed by atoms with Gasteiger partial charge in [-0.2, -0.15) is 5.10 Å². The number of fused-ring (bicyclic) bond motifs is 1. The summed E-state index contributed by atoms with van der Waals surface area (Å²) in [6, 6.07) is 3.40. The third kappa shape index (κ3) is 1.88. The Morgan fingerprint density at radius 1 is 1.60 bits per heavy atom. The van der Waals surface area contributed by atoms with Crippen LogP contribution in [0.1, 0.15) is 18.2 Å². The zero-order chi connectivity index (χ0) is 10.8. The Morgan fingerprint density at radius 2 is 2.40 bits per heavy atom. The maximum Gasteiger partial charge on any atom is 0.155 e. The van der Waals surface area contributed by atoms with E-state index in [9.17, 15) is 0 Å². The van der Waals surface area contributed by atoms with E-state index in [2.05, 4.69) is 26.0 Å². The highest BCUT2D eigenvalue weighted by Crippen LogP contribution is 2.23. The summed E-state index contributed by atoms with van der Waals surface area (Å²) in [5, 5.41) is 13.0. The van der Waals surface area contributed by atoms with Gasteiger partial charge in [-0.25, -0.2) is 9.50 Å². The number of halogens is 1. The second-order valence-corrected chi connectivity index (χ2v) is 3.95. The second kappa shape index (κ2) is 4.26. The fourth-order valence-electron chi connectivity index (χ4n) is 1.39. The quantitative estimate of drug-likeness (QED) is 0.868. The summed E-state index contributed by atoms with van der Waals surface area (Å²) in [6.45, 7) is 0.0505. The fraction of sp³-hybridized carbons (Fsp3) is 0.333. The van der Waals surface area contributed by atoms with Gasteiger partial charge in [-0.05, 0) is 34.5 Å². The van der Waals surface area contributed by atoms with Gasteiger partial charge >= 0.3 is 0 Å². The Hall–Kier alpha value is -0.980. The highest BCUT2D eigenvalue weighted by Gasteiger charge is 2.16. The first kappa shape index (κ1) is 10.5. The summed E-state index contributed by atoms with van der Waals surface area (Å²) in [6.07, 6.45) is 2.17. The number of hydrogen-bond acceptors (Lipinski definition) is 4. The average Bonchev–Trinajstić information content (AvgIpc) is 2.57. The Labute approximate surface area is 95.1 Å². The fourth-order valence-corrected chi connectivity index (χ4v) is 2.05. The molecule has 0 amide bonds. The summed E-state index contributed by atoms with van der Waals surface area (Å²) in [7, 11) is 0. The van der Waals surface area contributed by atoms with Crippen LogP contribution >= 0.6 is 15.9 Å². The third-order valence-electron chi connectivity index (χ3n) is 2.15. The molecule has 3 N–H and O–H groups in total. The van der Waals surface area contributed by atoms with Gasteiger partial charge in [-0.1, -0.05) is 0 Å². The molecule has 0 radical (unpaired) electrons. The second-order valence-electron chi connectivity index (χ2n) is 3.20. The lowest BCUT2D eigenvalue weighted by atomic mass is 10.2. The van der Waals surface area contributed by atoms with Crippen LogP contribution in [0.25, 0.3) is 5.65 Å². The number of aliphatic hydroxyl groups excluding tert-OH is 1. The summed E-state index contributed by atoms with van der Waals surface area (Å²) in [5.74, 6) is 0. The van der Waals surface area contributed by atoms with Crippen LogP contribution in [0, 0.1) is 0 Å². The molecule has 2 aromatic rings. The summed E-state index contributed by atoms with van der Waals surface area (Å²) in [5.41, 5.74) is 7.34. The van der Waals surface area contributed by atoms with E-state index in [1.165, 1.54) is 0 Å². The molecule has 0 saturated heterocycles. The van der Waals surface area contributed by atoms with Gasteiger partial charge in [0.1, 0.15) is 4.60 Å². The van der Waals surface area contributed by atoms with Gasteiger partial charge in [0.2, 0.25) is 0 Å². The predicted molar refractivity (Wildman–Crippen MR) is 59.3 cm³/mol. The normalized spacial score (nSPS) is 13.3. The van der Waals surface area contributed by atoms with E-state index in [0.717, 1.165) is 15.9 Å². The molecular weight excluding hydrogens is 260 g/mol. The Morgan fingerprint density at radius 3 is 3.07 bits per heavy atom. The lowest BCUT2D eigenvalue weighted by Gasteiger charge is -2.06. The van der Waals surface area contributed by atoms with Crippen LogP contribution in [0.15, 0.2) is 22.9 Å². The van der Waals surface area contributed by atoms with E-state index in [1.807, 2.05) is 12.1 Å². The number of aliphatic hydroxyl groups is 1. The standard InChI is InChI=1S/C9H11BrN4O/c10-9-8(6(11)3-5-15)13-7-2-1-4-12-14(7)9/h1-2,4,6,15H,3,5,11H2. The predicted octanol–water partition coefficient (Wildman–Crippen LogP) is 0.874. The molecule has 1 atom stereocenters. The molecule has 0 fully saturated rings. The maximum absolute atomic E-state index is 8.82. The van der Waals surface area contributed by atoms with E-state index in [-0.39, 0.29) is 12.6 Å². The van der Waals surface area contributed by atoms with Gasteiger partial charge in [0.05, 0.1) is 11.7 Å². The maximum atomic E-state index is 8.82. The molecule has 0 saturated carbocycles. The minimum atomic E-state index is -0.272. The molecule has 2 aromatic heterocycles. The van der Waals surface area contributed by atoms with Gasteiger partial charge in [-0.15, -0.1) is 0 Å². The Bertz CT molecular complexity index is 470. The smallest absolute Gasteiger partial charge is 0.155 e. The number of aromatic nitrogens is 3. The molecule has 0 aromatic carbocycles. The van der Waals surface area contributed by atoms with E-state index in [1.54, 1.807) is 10.7 Å². The largest absolute Gasteiger partial charge is 0.396 e. The van der Waals surface area contributed by atoms with Gasteiger partial charge in [0.15, 0.2) is 5.65 Å². The monoisotopic (exact) mass is 270 g/mol. The first-order chi connectivity index (χ1) is 7.24. The van der Waals surface area contributed by atoms with Crippen LogP contribution in [0.3, 0.4) is 0 Å². The molecule has 0 bridgehead atoms. The molecule has 2 heterocycles. The highest BCUT2D eigenvalue weighted by atomic mass is 79.9. The summed E-state index contributed by atoms with van der Waals surface area (Å²) in [4.78, 5) is 4.35. The van der Waals surface area contributed by atoms with Crippen LogP contribution in [-0.2, 0) is 0 Å². The Kier molecular flexibility index (Phi) is 2.99. The molecule has 0 aliphatic rings. The summed E-state index contributed by atoms with van der Waals surface area (Å²) < 4.78 is 2.42. The van der Waals surface area contributed by atoms with Crippen LogP contribution in [0.4, 0.5) is 0 Å². The van der Waals surface area contributed by atoms with Crippen molar-refractivity contribution in [3.63, 3.8) is 0 Å². The molecule has 5 nitrogen and oxygen atoms in total. The number of hydrogen-bond donors (Lipinski definition) is 2. The molecule has 15 heavy (non-hydrogen) atoms. The van der Waals surface area contributed by atoms with Gasteiger partial charge < -0.3 is 10.8 Å². The number of imidazole rings is 1. The zero-order valence-electron chi connectivity index (χ0n) is 7.97. The molecular formula is C9H11BrN4O. The van der Waals surface area contributed by atoms with Crippen molar-refractivity contribution in [1.29, 1.82) is 0 Å². The minimum absolute atomic E-state index is 0.0505. The molecule has 1 unspecified atom stereocenters. The van der Waals surface area contributed by atoms with Crippen molar-refractivity contribution < 1.29 is 5.11 Å². The van der Waals surface area contributed by atoms with Crippen LogP contribution < -0.4 is 5.73 Å². The van der Waals surface area contributed by atoms with E-state index < -0.39 is 0 Å². The van der Waals surface area contributed by atoms with Crippen molar-refractivity contribution in [2.45, 2.75) is 12.5 Å². The van der Waals surface area contributed by atoms with Crippen molar-refractivity contribution in [1.82, 2.24) is 14.6 Å². The van der Waals surface area contributed by atoms with E-state index >= 15 is 0 Å². The zero-order valence-corrected chi connectivity index (χ0v) is 9.55. The van der Waals surface area contributed by atoms with Crippen LogP contribution in [0.2, 0.25) is 0 Å². The van der Waals surface area contributed by atoms with Crippen molar-refractivity contribution in [2.24, 2.45) is 5.73 Å². The average molecular weight is 271 g/mol. The molecule has 0 spiro atoms. The van der Waals surface area contributed by atoms with Gasteiger partial charge in [-0.3, -0.25) is 0 Å². The molecule has 80 valence electrons. The first-order valence-electron chi connectivity index (χ1n) is 4.59. The molecule has 0 aliphatic carbocycles. The number of nitrogens with two attached hydrogens (primary N) is 1. The Balaban J connectivity index is 2.48. The van der Waals surface area contributed by atoms with Crippen LogP contribution in [0.5, 0.6) is 0 Å². The van der Waals surface area contributed by atoms with Crippen molar-refractivity contribution in [3.8, 4) is 0 Å². The lowest BCUT2D eigenvalue weighted by molar-refractivity contribution is 0.275. The number of nitrogens with zero attached hydrogens (tertiary/aromatic N) is 3.